The van der Waals surface area contributed by atoms with Crippen LogP contribution >= 0.6 is 58.0 Å². The van der Waals surface area contributed by atoms with E-state index in [4.69, 9.17) is 58.0 Å². The molecule has 0 unspecified atom stereocenters. The first-order valence-corrected chi connectivity index (χ1v) is 11.4. The number of amides is 3. The van der Waals surface area contributed by atoms with Crippen LogP contribution in [0.3, 0.4) is 0 Å². The Labute approximate surface area is 219 Å². The van der Waals surface area contributed by atoms with Gasteiger partial charge in [-0.3, -0.25) is 14.4 Å². The highest BCUT2D eigenvalue weighted by Gasteiger charge is 2.39. The zero-order valence-electron chi connectivity index (χ0n) is 16.8. The number of hydrogen-bond acceptors (Lipinski definition) is 4. The smallest absolute Gasteiger partial charge is 0.283 e. The fourth-order valence-corrected chi connectivity index (χ4v) is 3.97. The van der Waals surface area contributed by atoms with E-state index in [1.807, 2.05) is 0 Å². The SMILES string of the molecule is O=C(Nc1cccc(Cl)c1Cl)c1ccc(NC2=C(Cl)C(=O)N(c3ccc(Cl)c(Cl)c3)C2=O)cc1. The third-order valence-electron chi connectivity index (χ3n) is 4.80. The van der Waals surface area contributed by atoms with Gasteiger partial charge in [-0.05, 0) is 54.6 Å². The first-order chi connectivity index (χ1) is 16.2. The van der Waals surface area contributed by atoms with Gasteiger partial charge in [0.1, 0.15) is 10.7 Å². The average molecular weight is 556 g/mol. The summed E-state index contributed by atoms with van der Waals surface area (Å²) in [6.07, 6.45) is 0. The number of carbonyl (C=O) groups is 3. The second-order valence-electron chi connectivity index (χ2n) is 6.99. The van der Waals surface area contributed by atoms with E-state index in [0.717, 1.165) is 4.90 Å². The van der Waals surface area contributed by atoms with E-state index < -0.39 is 17.7 Å². The standard InChI is InChI=1S/C23H12Cl5N3O3/c24-14-9-8-13(10-16(14)26)31-22(33)19(28)20(23(31)34)29-12-6-4-11(5-7-12)21(32)30-17-3-1-2-15(25)18(17)27/h1-10,29H,(H,30,32). The molecule has 3 amide bonds. The van der Waals surface area contributed by atoms with Gasteiger partial charge >= 0.3 is 0 Å². The molecule has 11 heteroatoms. The molecule has 0 bridgehead atoms. The Morgan fingerprint density at radius 3 is 2.15 bits per heavy atom. The number of benzene rings is 3. The van der Waals surface area contributed by atoms with Crippen molar-refractivity contribution in [1.29, 1.82) is 0 Å². The van der Waals surface area contributed by atoms with Gasteiger partial charge in [0.25, 0.3) is 17.7 Å². The summed E-state index contributed by atoms with van der Waals surface area (Å²) in [5, 5.41) is 6.24. The highest BCUT2D eigenvalue weighted by atomic mass is 35.5. The van der Waals surface area contributed by atoms with Crippen molar-refractivity contribution in [2.75, 3.05) is 15.5 Å². The quantitative estimate of drug-likeness (QED) is 0.333. The maximum atomic E-state index is 12.9. The van der Waals surface area contributed by atoms with Crippen LogP contribution in [0.15, 0.2) is 71.4 Å². The van der Waals surface area contributed by atoms with Crippen LogP contribution in [0.1, 0.15) is 10.4 Å². The molecule has 34 heavy (non-hydrogen) atoms. The summed E-state index contributed by atoms with van der Waals surface area (Å²) in [5.74, 6) is -1.78. The molecule has 1 heterocycles. The zero-order chi connectivity index (χ0) is 24.6. The van der Waals surface area contributed by atoms with E-state index in [1.165, 1.54) is 30.3 Å². The van der Waals surface area contributed by atoms with Crippen LogP contribution in [0.5, 0.6) is 0 Å². The lowest BCUT2D eigenvalue weighted by Crippen LogP contribution is -2.32. The van der Waals surface area contributed by atoms with E-state index in [9.17, 15) is 14.4 Å². The summed E-state index contributed by atoms with van der Waals surface area (Å²) in [6.45, 7) is 0. The molecular weight excluding hydrogens is 544 g/mol. The van der Waals surface area contributed by atoms with E-state index in [-0.39, 0.29) is 31.5 Å². The Kier molecular flexibility index (Phi) is 7.07. The van der Waals surface area contributed by atoms with Gasteiger partial charge in [0.15, 0.2) is 0 Å². The average Bonchev–Trinajstić information content (AvgIpc) is 3.02. The van der Waals surface area contributed by atoms with Crippen molar-refractivity contribution in [3.8, 4) is 0 Å². The van der Waals surface area contributed by atoms with Crippen molar-refractivity contribution in [3.05, 3.63) is 97.0 Å². The number of halogens is 5. The Morgan fingerprint density at radius 2 is 1.47 bits per heavy atom. The molecule has 4 rings (SSSR count). The number of imide groups is 1. The lowest BCUT2D eigenvalue weighted by Gasteiger charge is -2.15. The molecule has 2 N–H and O–H groups in total. The van der Waals surface area contributed by atoms with E-state index >= 15 is 0 Å². The summed E-state index contributed by atoms with van der Waals surface area (Å²) in [6, 6.07) is 15.4. The summed E-state index contributed by atoms with van der Waals surface area (Å²) < 4.78 is 0. The zero-order valence-corrected chi connectivity index (χ0v) is 20.6. The Hall–Kier alpha value is -2.74. The van der Waals surface area contributed by atoms with Gasteiger partial charge in [0.05, 0.1) is 31.5 Å². The minimum Gasteiger partial charge on any atom is -0.350 e. The van der Waals surface area contributed by atoms with Crippen molar-refractivity contribution in [2.24, 2.45) is 0 Å². The van der Waals surface area contributed by atoms with Crippen LogP contribution in [0.4, 0.5) is 17.1 Å². The highest BCUT2D eigenvalue weighted by Crippen LogP contribution is 2.34. The molecule has 1 aliphatic rings. The molecule has 3 aromatic carbocycles. The molecule has 172 valence electrons. The first kappa shape index (κ1) is 24.4. The van der Waals surface area contributed by atoms with Gasteiger partial charge in [-0.1, -0.05) is 64.1 Å². The van der Waals surface area contributed by atoms with Crippen LogP contribution in [-0.2, 0) is 9.59 Å². The molecule has 0 radical (unpaired) electrons. The van der Waals surface area contributed by atoms with Gasteiger partial charge in [0.2, 0.25) is 0 Å². The van der Waals surface area contributed by atoms with Crippen LogP contribution < -0.4 is 15.5 Å². The monoisotopic (exact) mass is 553 g/mol. The highest BCUT2D eigenvalue weighted by molar-refractivity contribution is 6.53. The third kappa shape index (κ3) is 4.73. The number of rotatable bonds is 5. The number of carbonyl (C=O) groups excluding carboxylic acids is 3. The maximum Gasteiger partial charge on any atom is 0.283 e. The lowest BCUT2D eigenvalue weighted by molar-refractivity contribution is -0.120. The molecule has 3 aromatic rings. The van der Waals surface area contributed by atoms with Crippen molar-refractivity contribution in [3.63, 3.8) is 0 Å². The second kappa shape index (κ2) is 9.86. The topological polar surface area (TPSA) is 78.5 Å². The van der Waals surface area contributed by atoms with Crippen LogP contribution in [-0.4, -0.2) is 17.7 Å². The Bertz CT molecular complexity index is 1370. The second-order valence-corrected chi connectivity index (χ2v) is 8.97. The molecule has 0 atom stereocenters. The maximum absolute atomic E-state index is 12.9. The summed E-state index contributed by atoms with van der Waals surface area (Å²) in [5.41, 5.74) is 1.25. The predicted molar refractivity (Wildman–Crippen MR) is 136 cm³/mol. The van der Waals surface area contributed by atoms with Crippen molar-refractivity contribution in [1.82, 2.24) is 0 Å². The molecule has 0 saturated carbocycles. The van der Waals surface area contributed by atoms with E-state index in [2.05, 4.69) is 10.6 Å². The number of hydrogen-bond donors (Lipinski definition) is 2. The first-order valence-electron chi connectivity index (χ1n) is 9.53. The normalized spacial score (nSPS) is 13.5. The summed E-state index contributed by atoms with van der Waals surface area (Å²) in [7, 11) is 0. The van der Waals surface area contributed by atoms with Crippen molar-refractivity contribution < 1.29 is 14.4 Å². The van der Waals surface area contributed by atoms with E-state index in [0.29, 0.717) is 22.0 Å². The number of nitrogens with zero attached hydrogens (tertiary/aromatic N) is 1. The fourth-order valence-electron chi connectivity index (χ4n) is 3.11. The van der Waals surface area contributed by atoms with Gasteiger partial charge in [-0.15, -0.1) is 0 Å². The molecule has 0 aliphatic carbocycles. The Morgan fingerprint density at radius 1 is 0.765 bits per heavy atom. The molecular formula is C23H12Cl5N3O3. The van der Waals surface area contributed by atoms with Crippen LogP contribution in [0, 0.1) is 0 Å². The van der Waals surface area contributed by atoms with Gasteiger partial charge in [-0.25, -0.2) is 4.90 Å². The van der Waals surface area contributed by atoms with Gasteiger partial charge < -0.3 is 10.6 Å². The van der Waals surface area contributed by atoms with Crippen molar-refractivity contribution >= 4 is 92.8 Å². The van der Waals surface area contributed by atoms with Crippen molar-refractivity contribution in [2.45, 2.75) is 0 Å². The number of anilines is 3. The molecule has 0 aromatic heterocycles. The van der Waals surface area contributed by atoms with Crippen LogP contribution in [0.25, 0.3) is 0 Å². The fraction of sp³-hybridized carbons (Fsp3) is 0. The van der Waals surface area contributed by atoms with Gasteiger partial charge in [-0.2, -0.15) is 0 Å². The predicted octanol–water partition coefficient (Wildman–Crippen LogP) is 6.99. The van der Waals surface area contributed by atoms with E-state index in [1.54, 1.807) is 30.3 Å². The minimum atomic E-state index is -0.707. The Balaban J connectivity index is 1.50. The molecule has 0 saturated heterocycles. The third-order valence-corrected chi connectivity index (χ3v) is 6.71. The molecule has 1 aliphatic heterocycles. The minimum absolute atomic E-state index is 0.111. The molecule has 6 nitrogen and oxygen atoms in total. The van der Waals surface area contributed by atoms with Gasteiger partial charge in [0, 0.05) is 11.3 Å². The summed E-state index contributed by atoms with van der Waals surface area (Å²) >= 11 is 30.1. The van der Waals surface area contributed by atoms with Crippen LogP contribution in [0.2, 0.25) is 20.1 Å². The lowest BCUT2D eigenvalue weighted by atomic mass is 10.2. The largest absolute Gasteiger partial charge is 0.350 e. The summed E-state index contributed by atoms with van der Waals surface area (Å²) in [4.78, 5) is 38.9. The molecule has 0 fully saturated rings. The molecule has 0 spiro atoms. The number of nitrogens with one attached hydrogen (secondary N) is 2.